The Hall–Kier alpha value is -2.42. The van der Waals surface area contributed by atoms with Gasteiger partial charge in [0.1, 0.15) is 18.1 Å². The number of nitrogens with zero attached hydrogens (tertiary/aromatic N) is 2. The van der Waals surface area contributed by atoms with Crippen molar-refractivity contribution in [2.75, 3.05) is 46.1 Å². The fourth-order valence-electron chi connectivity index (χ4n) is 4.33. The maximum Gasteiger partial charge on any atom is 0.352 e. The molecule has 4 aliphatic rings. The summed E-state index contributed by atoms with van der Waals surface area (Å²) in [4.78, 5) is 27.8. The quantitative estimate of drug-likeness (QED) is 0.565. The molecule has 1 amide bonds. The molecule has 1 N–H and O–H groups in total. The normalized spacial score (nSPS) is 29.1. The van der Waals surface area contributed by atoms with E-state index in [9.17, 15) is 14.7 Å². The number of carboxylic acids is 1. The van der Waals surface area contributed by atoms with E-state index in [1.54, 1.807) is 0 Å². The predicted octanol–water partition coefficient (Wildman–Crippen LogP) is 0.577. The van der Waals surface area contributed by atoms with Gasteiger partial charge in [-0.1, -0.05) is 12.1 Å². The van der Waals surface area contributed by atoms with Crippen LogP contribution in [0.3, 0.4) is 0 Å². The Kier molecular flexibility index (Phi) is 4.15. The van der Waals surface area contributed by atoms with E-state index in [0.717, 1.165) is 44.2 Å². The zero-order valence-electron chi connectivity index (χ0n) is 15.4. The third kappa shape index (κ3) is 2.71. The number of morpholine rings is 1. The van der Waals surface area contributed by atoms with E-state index in [0.29, 0.717) is 25.2 Å². The van der Waals surface area contributed by atoms with E-state index in [-0.39, 0.29) is 17.6 Å². The number of hydrogen-bond donors (Lipinski definition) is 1. The molecule has 1 aromatic rings. The summed E-state index contributed by atoms with van der Waals surface area (Å²) in [5.74, 6) is -0.561. The highest BCUT2D eigenvalue weighted by atomic mass is 16.6. The summed E-state index contributed by atoms with van der Waals surface area (Å²) < 4.78 is 16.5. The third-order valence-electron chi connectivity index (χ3n) is 6.00. The van der Waals surface area contributed by atoms with Crippen molar-refractivity contribution in [1.82, 2.24) is 9.80 Å². The molecule has 148 valence electrons. The lowest BCUT2D eigenvalue weighted by molar-refractivity contribution is -0.157. The topological polar surface area (TPSA) is 91.8 Å². The van der Waals surface area contributed by atoms with Gasteiger partial charge in [-0.2, -0.15) is 0 Å². The molecule has 1 unspecified atom stereocenters. The molecule has 8 nitrogen and oxygen atoms in total. The molecule has 1 aromatic carbocycles. The van der Waals surface area contributed by atoms with E-state index >= 15 is 0 Å². The molecule has 0 saturated carbocycles. The number of fused-ring (bicyclic) bond motifs is 2. The second-order valence-corrected chi connectivity index (χ2v) is 7.53. The van der Waals surface area contributed by atoms with Crippen LogP contribution in [-0.4, -0.2) is 84.5 Å². The molecule has 5 rings (SSSR count). The lowest BCUT2D eigenvalue weighted by Crippen LogP contribution is -2.65. The maximum atomic E-state index is 12.3. The van der Waals surface area contributed by atoms with Crippen LogP contribution >= 0.6 is 0 Å². The molecule has 28 heavy (non-hydrogen) atoms. The zero-order chi connectivity index (χ0) is 19.3. The van der Waals surface area contributed by atoms with Crippen molar-refractivity contribution in [2.45, 2.75) is 18.1 Å². The number of carboxylic acid groups (broad SMARTS) is 1. The highest BCUT2D eigenvalue weighted by Crippen LogP contribution is 2.54. The number of β-lactam (4-membered cyclic amide) rings is 1. The van der Waals surface area contributed by atoms with Crippen LogP contribution in [0.5, 0.6) is 5.75 Å². The van der Waals surface area contributed by atoms with Gasteiger partial charge in [0.25, 0.3) is 5.91 Å². The average Bonchev–Trinajstić information content (AvgIpc) is 3.46. The van der Waals surface area contributed by atoms with Gasteiger partial charge in [0.2, 0.25) is 0 Å². The summed E-state index contributed by atoms with van der Waals surface area (Å²) in [6.45, 7) is 5.22. The van der Waals surface area contributed by atoms with Crippen LogP contribution in [0.15, 0.2) is 30.0 Å². The van der Waals surface area contributed by atoms with Gasteiger partial charge in [-0.05, 0) is 29.7 Å². The Morgan fingerprint density at radius 2 is 1.96 bits per heavy atom. The lowest BCUT2D eigenvalue weighted by Gasteiger charge is -2.41. The SMILES string of the molecule is O=C(O)C1=C(c2ccc(OCCN3CCOCC3)cc2)CC2N1C(=O)[C@]21CO1. The van der Waals surface area contributed by atoms with Crippen molar-refractivity contribution >= 4 is 17.4 Å². The number of ether oxygens (including phenoxy) is 3. The highest BCUT2D eigenvalue weighted by Gasteiger charge is 2.73. The summed E-state index contributed by atoms with van der Waals surface area (Å²) >= 11 is 0. The largest absolute Gasteiger partial charge is 0.492 e. The Balaban J connectivity index is 1.26. The summed E-state index contributed by atoms with van der Waals surface area (Å²) in [5, 5.41) is 9.64. The fraction of sp³-hybridized carbons (Fsp3) is 0.500. The molecular formula is C20H22N2O6. The number of aliphatic carboxylic acids is 1. The number of benzene rings is 1. The van der Waals surface area contributed by atoms with Crippen LogP contribution in [0, 0.1) is 0 Å². The molecular weight excluding hydrogens is 364 g/mol. The average molecular weight is 386 g/mol. The molecule has 8 heteroatoms. The van der Waals surface area contributed by atoms with Gasteiger partial charge in [0.15, 0.2) is 5.60 Å². The van der Waals surface area contributed by atoms with E-state index in [4.69, 9.17) is 14.2 Å². The number of epoxide rings is 1. The minimum absolute atomic E-state index is 0.0807. The molecule has 0 aromatic heterocycles. The first-order valence-corrected chi connectivity index (χ1v) is 9.57. The van der Waals surface area contributed by atoms with E-state index in [2.05, 4.69) is 4.90 Å². The first kappa shape index (κ1) is 17.7. The van der Waals surface area contributed by atoms with Gasteiger partial charge in [0, 0.05) is 19.6 Å². The predicted molar refractivity (Wildman–Crippen MR) is 97.7 cm³/mol. The minimum Gasteiger partial charge on any atom is -0.492 e. The van der Waals surface area contributed by atoms with Gasteiger partial charge in [0.05, 0.1) is 25.9 Å². The van der Waals surface area contributed by atoms with Crippen LogP contribution in [0.25, 0.3) is 5.57 Å². The van der Waals surface area contributed by atoms with Gasteiger partial charge in [-0.3, -0.25) is 14.6 Å². The Labute approximate surface area is 162 Å². The number of amides is 1. The van der Waals surface area contributed by atoms with Crippen molar-refractivity contribution in [3.05, 3.63) is 35.5 Å². The lowest BCUT2D eigenvalue weighted by atomic mass is 9.86. The second-order valence-electron chi connectivity index (χ2n) is 7.53. The Morgan fingerprint density at radius 1 is 1.25 bits per heavy atom. The number of hydrogen-bond acceptors (Lipinski definition) is 6. The van der Waals surface area contributed by atoms with Crippen molar-refractivity contribution in [3.63, 3.8) is 0 Å². The van der Waals surface area contributed by atoms with Crippen molar-refractivity contribution in [2.24, 2.45) is 0 Å². The Bertz CT molecular complexity index is 839. The molecule has 0 aliphatic carbocycles. The zero-order valence-corrected chi connectivity index (χ0v) is 15.4. The molecule has 4 aliphatic heterocycles. The smallest absolute Gasteiger partial charge is 0.352 e. The molecule has 2 atom stereocenters. The van der Waals surface area contributed by atoms with Gasteiger partial charge >= 0.3 is 5.97 Å². The van der Waals surface area contributed by atoms with Crippen LogP contribution in [0.1, 0.15) is 12.0 Å². The van der Waals surface area contributed by atoms with Crippen molar-refractivity contribution in [1.29, 1.82) is 0 Å². The van der Waals surface area contributed by atoms with E-state index in [1.807, 2.05) is 24.3 Å². The van der Waals surface area contributed by atoms with E-state index < -0.39 is 11.6 Å². The monoisotopic (exact) mass is 386 g/mol. The maximum absolute atomic E-state index is 12.3. The summed E-state index contributed by atoms with van der Waals surface area (Å²) in [6, 6.07) is 7.23. The summed E-state index contributed by atoms with van der Waals surface area (Å²) in [7, 11) is 0. The molecule has 4 heterocycles. The van der Waals surface area contributed by atoms with Crippen LogP contribution < -0.4 is 4.74 Å². The molecule has 3 fully saturated rings. The van der Waals surface area contributed by atoms with Crippen LogP contribution in [0.4, 0.5) is 0 Å². The van der Waals surface area contributed by atoms with Crippen LogP contribution in [0.2, 0.25) is 0 Å². The minimum atomic E-state index is -1.08. The first-order chi connectivity index (χ1) is 13.6. The van der Waals surface area contributed by atoms with Gasteiger partial charge in [-0.15, -0.1) is 0 Å². The molecule has 3 saturated heterocycles. The van der Waals surface area contributed by atoms with E-state index in [1.165, 1.54) is 4.90 Å². The van der Waals surface area contributed by atoms with Crippen LogP contribution in [-0.2, 0) is 19.1 Å². The highest BCUT2D eigenvalue weighted by molar-refractivity contribution is 6.09. The summed E-state index contributed by atoms with van der Waals surface area (Å²) in [6.07, 6.45) is 0.505. The van der Waals surface area contributed by atoms with Crippen molar-refractivity contribution in [3.8, 4) is 5.75 Å². The third-order valence-corrected chi connectivity index (χ3v) is 6.00. The Morgan fingerprint density at radius 3 is 2.61 bits per heavy atom. The molecule has 0 radical (unpaired) electrons. The van der Waals surface area contributed by atoms with Gasteiger partial charge in [-0.25, -0.2) is 4.79 Å². The number of carbonyl (C=O) groups is 2. The number of rotatable bonds is 6. The molecule has 1 spiro atoms. The standard InChI is InChI=1S/C20H22N2O6/c23-18(24)17-15(11-16-20(12-28-20)19(25)22(16)17)13-1-3-14(4-2-13)27-10-7-21-5-8-26-9-6-21/h1-4,16H,5-12H2,(H,23,24)/t16?,20-/m0/s1. The van der Waals surface area contributed by atoms with Gasteiger partial charge < -0.3 is 19.3 Å². The van der Waals surface area contributed by atoms with Crippen molar-refractivity contribution < 1.29 is 28.9 Å². The molecule has 0 bridgehead atoms. The second kappa shape index (κ2) is 6.58. The summed E-state index contributed by atoms with van der Waals surface area (Å²) in [5.41, 5.74) is 0.802. The fourth-order valence-corrected chi connectivity index (χ4v) is 4.33. The number of carbonyl (C=O) groups excluding carboxylic acids is 1. The first-order valence-electron chi connectivity index (χ1n) is 9.57.